The summed E-state index contributed by atoms with van der Waals surface area (Å²) in [4.78, 5) is 12.3. The Morgan fingerprint density at radius 1 is 1.17 bits per heavy atom. The number of hydrogen-bond donors (Lipinski definition) is 3. The summed E-state index contributed by atoms with van der Waals surface area (Å²) in [6.07, 6.45) is 0. The molecule has 150 valence electrons. The van der Waals surface area contributed by atoms with E-state index >= 15 is 0 Å². The Hall–Kier alpha value is -3.14. The number of amides is 1. The minimum absolute atomic E-state index is 0.0409. The van der Waals surface area contributed by atoms with Crippen molar-refractivity contribution in [1.29, 1.82) is 0 Å². The molecule has 1 aromatic heterocycles. The summed E-state index contributed by atoms with van der Waals surface area (Å²) >= 11 is 5.96. The van der Waals surface area contributed by atoms with Crippen LogP contribution in [0.5, 0.6) is 0 Å². The zero-order chi connectivity index (χ0) is 21.2. The zero-order valence-electron chi connectivity index (χ0n) is 15.0. The van der Waals surface area contributed by atoms with Crippen LogP contribution in [0.25, 0.3) is 16.9 Å². The number of nitrogens with zero attached hydrogens (tertiary/aromatic N) is 2. The second kappa shape index (κ2) is 8.08. The number of sulfonamides is 1. The fraction of sp³-hybridized carbons (Fsp3) is 0.0526. The van der Waals surface area contributed by atoms with Gasteiger partial charge in [-0.25, -0.2) is 18.2 Å². The smallest absolute Gasteiger partial charge is 0.272 e. The van der Waals surface area contributed by atoms with E-state index in [9.17, 15) is 18.3 Å². The van der Waals surface area contributed by atoms with Gasteiger partial charge in [0.15, 0.2) is 5.69 Å². The van der Waals surface area contributed by atoms with E-state index in [-0.39, 0.29) is 22.9 Å². The highest BCUT2D eigenvalue weighted by atomic mass is 35.5. The molecular weight excluding hydrogens is 416 g/mol. The number of rotatable bonds is 6. The zero-order valence-corrected chi connectivity index (χ0v) is 16.6. The number of benzene rings is 2. The number of primary sulfonamides is 1. The van der Waals surface area contributed by atoms with Crippen LogP contribution in [-0.4, -0.2) is 35.8 Å². The first-order valence-electron chi connectivity index (χ1n) is 8.29. The molecule has 0 aliphatic carbocycles. The predicted molar refractivity (Wildman–Crippen MR) is 109 cm³/mol. The second-order valence-corrected chi connectivity index (χ2v) is 8.12. The Balaban J connectivity index is 2.07. The van der Waals surface area contributed by atoms with Gasteiger partial charge in [0.25, 0.3) is 5.91 Å². The minimum atomic E-state index is -3.83. The van der Waals surface area contributed by atoms with Crippen LogP contribution in [0.4, 0.5) is 0 Å². The standard InChI is InChI=1S/C19H17ClN4O4S/c1-12(25)11-22-19(26)17-10-18(13-2-4-14(20)5-3-13)24(23-17)15-6-8-16(9-7-15)29(21,27)28/h2-10,25H,1,11H2,(H,22,26)(H2,21,27,28). The van der Waals surface area contributed by atoms with E-state index in [0.29, 0.717) is 16.4 Å². The van der Waals surface area contributed by atoms with Crippen molar-refractivity contribution in [3.8, 4) is 16.9 Å². The minimum Gasteiger partial charge on any atom is -0.511 e. The number of halogens is 1. The number of aromatic nitrogens is 2. The van der Waals surface area contributed by atoms with Crippen molar-refractivity contribution in [2.45, 2.75) is 4.90 Å². The van der Waals surface area contributed by atoms with Gasteiger partial charge in [0, 0.05) is 10.6 Å². The number of carbonyl (C=O) groups excluding carboxylic acids is 1. The molecule has 8 nitrogen and oxygen atoms in total. The third-order valence-electron chi connectivity index (χ3n) is 3.94. The summed E-state index contributed by atoms with van der Waals surface area (Å²) in [7, 11) is -3.83. The fourth-order valence-corrected chi connectivity index (χ4v) is 3.21. The average Bonchev–Trinajstić information content (AvgIpc) is 3.11. The van der Waals surface area contributed by atoms with E-state index in [1.54, 1.807) is 30.3 Å². The molecule has 1 amide bonds. The van der Waals surface area contributed by atoms with E-state index in [4.69, 9.17) is 16.7 Å². The third kappa shape index (κ3) is 4.83. The van der Waals surface area contributed by atoms with Crippen LogP contribution in [0.1, 0.15) is 10.5 Å². The molecule has 10 heteroatoms. The Morgan fingerprint density at radius 3 is 2.34 bits per heavy atom. The summed E-state index contributed by atoms with van der Waals surface area (Å²) in [6, 6.07) is 14.3. The van der Waals surface area contributed by atoms with Crippen molar-refractivity contribution in [3.63, 3.8) is 0 Å². The molecule has 4 N–H and O–H groups in total. The van der Waals surface area contributed by atoms with Crippen LogP contribution in [0.15, 0.2) is 71.8 Å². The highest BCUT2D eigenvalue weighted by Gasteiger charge is 2.17. The molecule has 0 radical (unpaired) electrons. The number of hydrogen-bond acceptors (Lipinski definition) is 5. The number of nitrogens with one attached hydrogen (secondary N) is 1. The summed E-state index contributed by atoms with van der Waals surface area (Å²) in [5, 5.41) is 21.7. The van der Waals surface area contributed by atoms with Gasteiger partial charge < -0.3 is 10.4 Å². The topological polar surface area (TPSA) is 127 Å². The van der Waals surface area contributed by atoms with Gasteiger partial charge in [0.05, 0.1) is 22.8 Å². The highest BCUT2D eigenvalue weighted by molar-refractivity contribution is 7.89. The largest absolute Gasteiger partial charge is 0.511 e. The molecule has 0 fully saturated rings. The molecule has 0 bridgehead atoms. The molecule has 1 heterocycles. The lowest BCUT2D eigenvalue weighted by Crippen LogP contribution is -2.25. The van der Waals surface area contributed by atoms with Gasteiger partial charge in [-0.1, -0.05) is 30.3 Å². The molecule has 0 saturated carbocycles. The van der Waals surface area contributed by atoms with E-state index < -0.39 is 15.9 Å². The Bertz CT molecular complexity index is 1170. The molecule has 0 unspecified atom stereocenters. The maximum atomic E-state index is 12.4. The molecule has 0 saturated heterocycles. The first kappa shape index (κ1) is 20.6. The van der Waals surface area contributed by atoms with Crippen LogP contribution in [0.3, 0.4) is 0 Å². The monoisotopic (exact) mass is 432 g/mol. The highest BCUT2D eigenvalue weighted by Crippen LogP contribution is 2.26. The third-order valence-corrected chi connectivity index (χ3v) is 5.13. The van der Waals surface area contributed by atoms with Gasteiger partial charge in [-0.05, 0) is 42.5 Å². The van der Waals surface area contributed by atoms with Gasteiger partial charge >= 0.3 is 0 Å². The lowest BCUT2D eigenvalue weighted by Gasteiger charge is -2.08. The number of nitrogens with two attached hydrogens (primary N) is 1. The first-order chi connectivity index (χ1) is 13.6. The van der Waals surface area contributed by atoms with Crippen molar-refractivity contribution in [3.05, 3.63) is 77.7 Å². The van der Waals surface area contributed by atoms with Crippen molar-refractivity contribution in [2.75, 3.05) is 6.54 Å². The van der Waals surface area contributed by atoms with Crippen molar-refractivity contribution >= 4 is 27.5 Å². The Labute approximate surface area is 172 Å². The van der Waals surface area contributed by atoms with E-state index in [0.717, 1.165) is 5.56 Å². The van der Waals surface area contributed by atoms with E-state index in [2.05, 4.69) is 17.0 Å². The molecular formula is C19H17ClN4O4S. The van der Waals surface area contributed by atoms with Gasteiger partial charge in [0.1, 0.15) is 5.76 Å². The van der Waals surface area contributed by atoms with E-state index in [1.807, 2.05) is 0 Å². The normalized spacial score (nSPS) is 11.2. The maximum Gasteiger partial charge on any atom is 0.272 e. The quantitative estimate of drug-likeness (QED) is 0.516. The maximum absolute atomic E-state index is 12.4. The Kier molecular flexibility index (Phi) is 5.73. The van der Waals surface area contributed by atoms with Crippen molar-refractivity contribution in [2.24, 2.45) is 5.14 Å². The average molecular weight is 433 g/mol. The number of aliphatic hydroxyl groups excluding tert-OH is 1. The van der Waals surface area contributed by atoms with Gasteiger partial charge in [-0.15, -0.1) is 0 Å². The van der Waals surface area contributed by atoms with Crippen LogP contribution in [0, 0.1) is 0 Å². The lowest BCUT2D eigenvalue weighted by atomic mass is 10.1. The predicted octanol–water partition coefficient (Wildman–Crippen LogP) is 2.64. The Morgan fingerprint density at radius 2 is 1.79 bits per heavy atom. The second-order valence-electron chi connectivity index (χ2n) is 6.12. The lowest BCUT2D eigenvalue weighted by molar-refractivity contribution is 0.0947. The summed E-state index contributed by atoms with van der Waals surface area (Å²) in [5.41, 5.74) is 1.95. The van der Waals surface area contributed by atoms with Gasteiger partial charge in [0.2, 0.25) is 10.0 Å². The SMILES string of the molecule is C=C(O)CNC(=O)c1cc(-c2ccc(Cl)cc2)n(-c2ccc(S(N)(=O)=O)cc2)n1. The van der Waals surface area contributed by atoms with Crippen molar-refractivity contribution in [1.82, 2.24) is 15.1 Å². The summed E-state index contributed by atoms with van der Waals surface area (Å²) in [5.74, 6) is -0.690. The van der Waals surface area contributed by atoms with Crippen LogP contribution in [0.2, 0.25) is 5.02 Å². The van der Waals surface area contributed by atoms with Crippen LogP contribution in [-0.2, 0) is 10.0 Å². The van der Waals surface area contributed by atoms with Crippen molar-refractivity contribution < 1.29 is 18.3 Å². The molecule has 0 aliphatic heterocycles. The van der Waals surface area contributed by atoms with Crippen LogP contribution < -0.4 is 10.5 Å². The van der Waals surface area contributed by atoms with Gasteiger partial charge in [-0.2, -0.15) is 5.10 Å². The molecule has 0 atom stereocenters. The van der Waals surface area contributed by atoms with Crippen LogP contribution >= 0.6 is 11.6 Å². The van der Waals surface area contributed by atoms with Gasteiger partial charge in [-0.3, -0.25) is 4.79 Å². The first-order valence-corrected chi connectivity index (χ1v) is 10.2. The molecule has 0 aliphatic rings. The molecule has 29 heavy (non-hydrogen) atoms. The molecule has 3 rings (SSSR count). The van der Waals surface area contributed by atoms with E-state index in [1.165, 1.54) is 28.9 Å². The molecule has 0 spiro atoms. The number of carbonyl (C=O) groups is 1. The molecule has 2 aromatic carbocycles. The summed E-state index contributed by atoms with van der Waals surface area (Å²) in [6.45, 7) is 3.21. The fourth-order valence-electron chi connectivity index (χ4n) is 2.57. The number of aliphatic hydroxyl groups is 1. The molecule has 3 aromatic rings. The summed E-state index contributed by atoms with van der Waals surface area (Å²) < 4.78 is 24.5.